The van der Waals surface area contributed by atoms with Crippen molar-refractivity contribution in [2.45, 2.75) is 19.3 Å². The lowest BCUT2D eigenvalue weighted by molar-refractivity contribution is 0.0990. The van der Waals surface area contributed by atoms with E-state index < -0.39 is 11.6 Å². The summed E-state index contributed by atoms with van der Waals surface area (Å²) in [5.74, 6) is -1.01. The van der Waals surface area contributed by atoms with E-state index in [1.54, 1.807) is 28.7 Å². The fourth-order valence-electron chi connectivity index (χ4n) is 6.56. The lowest BCUT2D eigenvalue weighted by atomic mass is 9.82. The molecule has 3 nitrogen and oxygen atoms in total. The molecule has 0 fully saturated rings. The van der Waals surface area contributed by atoms with Gasteiger partial charge in [0.05, 0.1) is 41.5 Å². The molecule has 0 unspecified atom stereocenters. The highest BCUT2D eigenvalue weighted by molar-refractivity contribution is 7.30. The summed E-state index contributed by atoms with van der Waals surface area (Å²) in [5.41, 5.74) is 6.73. The summed E-state index contributed by atoms with van der Waals surface area (Å²) in [5, 5.41) is -0.200. The monoisotopic (exact) mass is 715 g/mol. The number of benzene rings is 4. The van der Waals surface area contributed by atoms with Crippen LogP contribution in [-0.4, -0.2) is 11.6 Å². The number of thiophene rings is 2. The number of halogens is 4. The average Bonchev–Trinajstić information content (AvgIpc) is 3.74. The first-order valence-electron chi connectivity index (χ1n) is 14.4. The van der Waals surface area contributed by atoms with Crippen LogP contribution in [-0.2, 0) is 5.41 Å². The molecule has 2 heterocycles. The summed E-state index contributed by atoms with van der Waals surface area (Å²) in [6, 6.07) is 29.5. The summed E-state index contributed by atoms with van der Waals surface area (Å²) in [6.45, 7) is 4.53. The van der Waals surface area contributed by atoms with Gasteiger partial charge in [0.2, 0.25) is 0 Å². The van der Waals surface area contributed by atoms with Crippen molar-refractivity contribution in [1.29, 1.82) is 0 Å². The number of hydrogen-bond acceptors (Lipinski definition) is 5. The number of fused-ring (bicyclic) bond motifs is 6. The molecular formula is C37H21Cl4NO2S2. The van der Waals surface area contributed by atoms with E-state index in [-0.39, 0.29) is 42.2 Å². The fourth-order valence-corrected chi connectivity index (χ4v) is 10.5. The van der Waals surface area contributed by atoms with Crippen molar-refractivity contribution in [2.24, 2.45) is 0 Å². The zero-order chi connectivity index (χ0) is 32.1. The molecule has 226 valence electrons. The molecule has 4 aromatic carbocycles. The largest absolute Gasteiger partial charge is 0.310 e. The van der Waals surface area contributed by atoms with Crippen LogP contribution in [0.3, 0.4) is 0 Å². The molecule has 0 radical (unpaired) electrons. The Hall–Kier alpha value is -3.42. The van der Waals surface area contributed by atoms with Gasteiger partial charge in [0, 0.05) is 36.9 Å². The number of hydrogen-bond donors (Lipinski definition) is 0. The van der Waals surface area contributed by atoms with Crippen molar-refractivity contribution in [3.63, 3.8) is 0 Å². The summed E-state index contributed by atoms with van der Waals surface area (Å²) in [6.07, 6.45) is 1.63. The molecule has 9 heteroatoms. The average molecular weight is 718 g/mol. The Morgan fingerprint density at radius 1 is 0.674 bits per heavy atom. The number of Topliss-reactive ketones (excluding diaryl/α,β-unsaturated/α-hetero) is 2. The fraction of sp³-hybridized carbons (Fsp3) is 0.0811. The second kappa shape index (κ2) is 10.8. The second-order valence-electron chi connectivity index (χ2n) is 11.7. The van der Waals surface area contributed by atoms with Gasteiger partial charge in [-0.15, -0.1) is 22.7 Å². The predicted octanol–water partition coefficient (Wildman–Crippen LogP) is 12.8. The van der Waals surface area contributed by atoms with Crippen molar-refractivity contribution < 1.29 is 9.59 Å². The van der Waals surface area contributed by atoms with Gasteiger partial charge in [-0.1, -0.05) is 103 Å². The van der Waals surface area contributed by atoms with Gasteiger partial charge in [0.15, 0.2) is 11.6 Å². The molecule has 0 atom stereocenters. The predicted molar refractivity (Wildman–Crippen MR) is 195 cm³/mol. The highest BCUT2D eigenvalue weighted by atomic mass is 35.5. The molecular weight excluding hydrogens is 696 g/mol. The lowest BCUT2D eigenvalue weighted by Gasteiger charge is -2.28. The van der Waals surface area contributed by atoms with Crippen LogP contribution in [0.2, 0.25) is 20.1 Å². The first kappa shape index (κ1) is 29.9. The number of carbonyl (C=O) groups is 2. The van der Waals surface area contributed by atoms with Crippen LogP contribution in [0, 0.1) is 0 Å². The molecule has 0 spiro atoms. The minimum Gasteiger partial charge on any atom is -0.310 e. The molecule has 0 aliphatic heterocycles. The number of para-hydroxylation sites is 2. The van der Waals surface area contributed by atoms with Gasteiger partial charge in [-0.05, 0) is 65.2 Å². The molecule has 6 aromatic rings. The van der Waals surface area contributed by atoms with Crippen molar-refractivity contribution in [3.8, 4) is 10.4 Å². The number of allylic oxidation sites excluding steroid dienone is 1. The molecule has 46 heavy (non-hydrogen) atoms. The van der Waals surface area contributed by atoms with Crippen LogP contribution in [0.15, 0.2) is 90.5 Å². The van der Waals surface area contributed by atoms with E-state index in [1.807, 2.05) is 18.2 Å². The van der Waals surface area contributed by atoms with Crippen LogP contribution in [0.4, 0.5) is 17.1 Å². The summed E-state index contributed by atoms with van der Waals surface area (Å²) < 4.78 is 2.26. The van der Waals surface area contributed by atoms with Crippen molar-refractivity contribution >= 4 is 113 Å². The third-order valence-corrected chi connectivity index (χ3v) is 12.9. The van der Waals surface area contributed by atoms with E-state index in [9.17, 15) is 9.59 Å². The third kappa shape index (κ3) is 4.30. The zero-order valence-electron chi connectivity index (χ0n) is 24.3. The highest BCUT2D eigenvalue weighted by Gasteiger charge is 2.42. The van der Waals surface area contributed by atoms with Crippen LogP contribution in [0.5, 0.6) is 0 Å². The Kier molecular flexibility index (Phi) is 7.04. The molecule has 0 amide bonds. The number of nitrogens with zero attached hydrogens (tertiary/aromatic N) is 1. The van der Waals surface area contributed by atoms with E-state index in [4.69, 9.17) is 46.4 Å². The number of ketones is 2. The summed E-state index contributed by atoms with van der Waals surface area (Å²) in [4.78, 5) is 31.1. The van der Waals surface area contributed by atoms with Crippen molar-refractivity contribution in [2.75, 3.05) is 4.90 Å². The van der Waals surface area contributed by atoms with Crippen molar-refractivity contribution in [3.05, 3.63) is 138 Å². The van der Waals surface area contributed by atoms with Gasteiger partial charge in [0.1, 0.15) is 0 Å². The standard InChI is InChI=1S/C37H21Cl4NO2S2/c1-37(2)24-15-20(42(18-9-5-3-6-10-18)19-11-7-4-8-12-19)13-14-22(24)35-28(37)36-25(46-35)17-21(45-36)16-23-33(43)26-27(34(23)44)30(39)32(41)31(40)29(26)38/h3-17H,1-2H3. The van der Waals surface area contributed by atoms with Gasteiger partial charge in [-0.2, -0.15) is 0 Å². The number of carbonyl (C=O) groups excluding carboxylic acids is 2. The second-order valence-corrected chi connectivity index (χ2v) is 15.4. The number of rotatable bonds is 4. The van der Waals surface area contributed by atoms with Gasteiger partial charge in [-0.3, -0.25) is 9.59 Å². The lowest BCUT2D eigenvalue weighted by Crippen LogP contribution is -2.16. The highest BCUT2D eigenvalue weighted by Crippen LogP contribution is 2.58. The maximum Gasteiger partial charge on any atom is 0.199 e. The molecule has 0 saturated heterocycles. The normalized spacial score (nSPS) is 14.5. The van der Waals surface area contributed by atoms with Crippen LogP contribution in [0.1, 0.15) is 50.6 Å². The SMILES string of the molecule is CC1(C)c2cc(N(c3ccccc3)c3ccccc3)ccc2-c2sc3cc(C=C4C(=O)c5c(Cl)c(Cl)c(Cl)c(Cl)c5C4=O)sc3c21. The smallest absolute Gasteiger partial charge is 0.199 e. The van der Waals surface area contributed by atoms with Crippen molar-refractivity contribution in [1.82, 2.24) is 0 Å². The zero-order valence-corrected chi connectivity index (χ0v) is 28.9. The molecule has 2 aliphatic rings. The Labute approximate surface area is 293 Å². The molecule has 0 saturated carbocycles. The minimum atomic E-state index is -0.505. The van der Waals surface area contributed by atoms with E-state index in [2.05, 4.69) is 85.5 Å². The van der Waals surface area contributed by atoms with E-state index in [1.165, 1.54) is 21.6 Å². The van der Waals surface area contributed by atoms with Crippen LogP contribution >= 0.6 is 69.1 Å². The third-order valence-electron chi connectivity index (χ3n) is 8.71. The topological polar surface area (TPSA) is 37.4 Å². The Bertz CT molecular complexity index is 2230. The molecule has 2 aliphatic carbocycles. The Balaban J connectivity index is 1.20. The quantitative estimate of drug-likeness (QED) is 0.0789. The molecule has 8 rings (SSSR count). The van der Waals surface area contributed by atoms with Gasteiger partial charge < -0.3 is 4.90 Å². The van der Waals surface area contributed by atoms with E-state index >= 15 is 0 Å². The maximum absolute atomic E-state index is 13.4. The van der Waals surface area contributed by atoms with Crippen LogP contribution < -0.4 is 4.90 Å². The molecule has 2 aromatic heterocycles. The first-order valence-corrected chi connectivity index (χ1v) is 17.5. The summed E-state index contributed by atoms with van der Waals surface area (Å²) >= 11 is 28.4. The maximum atomic E-state index is 13.4. The van der Waals surface area contributed by atoms with Gasteiger partial charge in [0.25, 0.3) is 0 Å². The van der Waals surface area contributed by atoms with Gasteiger partial charge >= 0.3 is 0 Å². The number of anilines is 3. The Morgan fingerprint density at radius 2 is 1.24 bits per heavy atom. The first-order chi connectivity index (χ1) is 22.1. The van der Waals surface area contributed by atoms with Gasteiger partial charge in [-0.25, -0.2) is 0 Å². The Morgan fingerprint density at radius 3 is 1.80 bits per heavy atom. The van der Waals surface area contributed by atoms with E-state index in [0.29, 0.717) is 0 Å². The molecule has 0 N–H and O–H groups in total. The van der Waals surface area contributed by atoms with Crippen LogP contribution in [0.25, 0.3) is 25.9 Å². The minimum absolute atomic E-state index is 0.00298. The molecule has 0 bridgehead atoms. The van der Waals surface area contributed by atoms with E-state index in [0.717, 1.165) is 31.3 Å². The summed E-state index contributed by atoms with van der Waals surface area (Å²) in [7, 11) is 0.